The largest absolute Gasteiger partial charge is 0.497 e. The zero-order valence-electron chi connectivity index (χ0n) is 14.6. The minimum atomic E-state index is 0.221. The standard InChI is InChI=1S/C18H21N5OS/c1-12-11-25-18(19-12)17-21-20-16-13(2)22(8-9-23(16)17)10-14-4-6-15(24-3)7-5-14/h4-7,11,13H,8-10H2,1-3H3. The van der Waals surface area contributed by atoms with Crippen LogP contribution in [-0.2, 0) is 13.1 Å². The van der Waals surface area contributed by atoms with Gasteiger partial charge in [0.1, 0.15) is 5.75 Å². The molecule has 6 nitrogen and oxygen atoms in total. The number of thiazole rings is 1. The Labute approximate surface area is 151 Å². The Kier molecular flexibility index (Phi) is 4.27. The first-order valence-electron chi connectivity index (χ1n) is 8.38. The maximum Gasteiger partial charge on any atom is 0.193 e. The van der Waals surface area contributed by atoms with Gasteiger partial charge in [0.15, 0.2) is 16.7 Å². The Morgan fingerprint density at radius 1 is 1.20 bits per heavy atom. The third-order valence-corrected chi connectivity index (χ3v) is 5.62. The Morgan fingerprint density at radius 3 is 2.68 bits per heavy atom. The van der Waals surface area contributed by atoms with Crippen LogP contribution in [0.1, 0.15) is 30.0 Å². The van der Waals surface area contributed by atoms with Gasteiger partial charge in [-0.05, 0) is 31.5 Å². The van der Waals surface area contributed by atoms with Crippen LogP contribution in [0.3, 0.4) is 0 Å². The molecule has 0 saturated carbocycles. The maximum absolute atomic E-state index is 5.23. The summed E-state index contributed by atoms with van der Waals surface area (Å²) in [6, 6.07) is 8.48. The van der Waals surface area contributed by atoms with Crippen LogP contribution in [0.25, 0.3) is 10.8 Å². The molecule has 1 aliphatic rings. The van der Waals surface area contributed by atoms with Crippen LogP contribution in [0.5, 0.6) is 5.75 Å². The summed E-state index contributed by atoms with van der Waals surface area (Å²) in [6.07, 6.45) is 0. The van der Waals surface area contributed by atoms with E-state index >= 15 is 0 Å². The summed E-state index contributed by atoms with van der Waals surface area (Å²) in [5, 5.41) is 11.9. The fraction of sp³-hybridized carbons (Fsp3) is 0.389. The van der Waals surface area contributed by atoms with Gasteiger partial charge in [0.2, 0.25) is 0 Å². The van der Waals surface area contributed by atoms with Gasteiger partial charge in [-0.15, -0.1) is 21.5 Å². The molecule has 25 heavy (non-hydrogen) atoms. The minimum absolute atomic E-state index is 0.221. The van der Waals surface area contributed by atoms with Crippen LogP contribution in [0.4, 0.5) is 0 Å². The van der Waals surface area contributed by atoms with E-state index in [0.717, 1.165) is 47.7 Å². The van der Waals surface area contributed by atoms with Crippen LogP contribution < -0.4 is 4.74 Å². The van der Waals surface area contributed by atoms with Crippen LogP contribution in [0, 0.1) is 6.92 Å². The van der Waals surface area contributed by atoms with Gasteiger partial charge in [0.05, 0.1) is 13.2 Å². The Balaban J connectivity index is 1.55. The summed E-state index contributed by atoms with van der Waals surface area (Å²) < 4.78 is 7.45. The lowest BCUT2D eigenvalue weighted by Crippen LogP contribution is -2.36. The quantitative estimate of drug-likeness (QED) is 0.719. The molecule has 1 aromatic carbocycles. The second-order valence-corrected chi connectivity index (χ2v) is 7.18. The first kappa shape index (κ1) is 16.2. The number of ether oxygens (including phenoxy) is 1. The molecule has 0 bridgehead atoms. The monoisotopic (exact) mass is 355 g/mol. The number of hydrogen-bond acceptors (Lipinski definition) is 6. The van der Waals surface area contributed by atoms with E-state index in [4.69, 9.17) is 4.74 Å². The topological polar surface area (TPSA) is 56.1 Å². The molecule has 1 atom stereocenters. The second-order valence-electron chi connectivity index (χ2n) is 6.32. The molecule has 0 aliphatic carbocycles. The van der Waals surface area contributed by atoms with E-state index in [1.165, 1.54) is 5.56 Å². The van der Waals surface area contributed by atoms with Gasteiger partial charge in [-0.2, -0.15) is 0 Å². The summed E-state index contributed by atoms with van der Waals surface area (Å²) in [5.74, 6) is 2.80. The minimum Gasteiger partial charge on any atom is -0.497 e. The van der Waals surface area contributed by atoms with E-state index in [9.17, 15) is 0 Å². The third-order valence-electron chi connectivity index (χ3n) is 4.67. The zero-order valence-corrected chi connectivity index (χ0v) is 15.5. The van der Waals surface area contributed by atoms with Crippen LogP contribution in [-0.4, -0.2) is 38.3 Å². The number of aryl methyl sites for hydroxylation is 1. The molecule has 3 heterocycles. The molecule has 0 amide bonds. The highest BCUT2D eigenvalue weighted by molar-refractivity contribution is 7.13. The van der Waals surface area contributed by atoms with Gasteiger partial charge in [-0.3, -0.25) is 4.90 Å². The molecule has 3 aromatic rings. The van der Waals surface area contributed by atoms with Crippen molar-refractivity contribution in [2.45, 2.75) is 33.0 Å². The van der Waals surface area contributed by atoms with E-state index in [1.807, 2.05) is 19.1 Å². The lowest BCUT2D eigenvalue weighted by Gasteiger charge is -2.33. The highest BCUT2D eigenvalue weighted by Gasteiger charge is 2.29. The SMILES string of the molecule is COc1ccc(CN2CCn3c(-c4nc(C)cs4)nnc3C2C)cc1. The lowest BCUT2D eigenvalue weighted by molar-refractivity contribution is 0.157. The summed E-state index contributed by atoms with van der Waals surface area (Å²) in [6.45, 7) is 6.95. The first-order valence-corrected chi connectivity index (χ1v) is 9.26. The van der Waals surface area contributed by atoms with Crippen LogP contribution in [0.15, 0.2) is 29.6 Å². The Bertz CT molecular complexity index is 870. The highest BCUT2D eigenvalue weighted by atomic mass is 32.1. The molecule has 130 valence electrons. The van der Waals surface area contributed by atoms with Gasteiger partial charge in [-0.1, -0.05) is 12.1 Å². The molecule has 1 aliphatic heterocycles. The Hall–Kier alpha value is -2.25. The van der Waals surface area contributed by atoms with Crippen molar-refractivity contribution < 1.29 is 4.74 Å². The number of benzene rings is 1. The molecule has 0 spiro atoms. The molecule has 1 unspecified atom stereocenters. The molecule has 0 radical (unpaired) electrons. The van der Waals surface area contributed by atoms with Crippen molar-refractivity contribution >= 4 is 11.3 Å². The molecular weight excluding hydrogens is 334 g/mol. The van der Waals surface area contributed by atoms with Crippen molar-refractivity contribution in [3.8, 4) is 16.6 Å². The van der Waals surface area contributed by atoms with Crippen molar-refractivity contribution in [1.82, 2.24) is 24.6 Å². The Morgan fingerprint density at radius 2 is 2.00 bits per heavy atom. The smallest absolute Gasteiger partial charge is 0.193 e. The third kappa shape index (κ3) is 3.05. The molecule has 0 fully saturated rings. The number of hydrogen-bond donors (Lipinski definition) is 0. The lowest BCUT2D eigenvalue weighted by atomic mass is 10.1. The predicted octanol–water partition coefficient (Wildman–Crippen LogP) is 3.30. The summed E-state index contributed by atoms with van der Waals surface area (Å²) in [4.78, 5) is 6.99. The van der Waals surface area contributed by atoms with E-state index in [2.05, 4.69) is 49.1 Å². The highest BCUT2D eigenvalue weighted by Crippen LogP contribution is 2.30. The predicted molar refractivity (Wildman–Crippen MR) is 97.7 cm³/mol. The summed E-state index contributed by atoms with van der Waals surface area (Å²) in [5.41, 5.74) is 2.30. The van der Waals surface area contributed by atoms with E-state index < -0.39 is 0 Å². The number of rotatable bonds is 4. The maximum atomic E-state index is 5.23. The van der Waals surface area contributed by atoms with Crippen LogP contribution in [0.2, 0.25) is 0 Å². The van der Waals surface area contributed by atoms with Gasteiger partial charge >= 0.3 is 0 Å². The van der Waals surface area contributed by atoms with Gasteiger partial charge in [-0.25, -0.2) is 4.98 Å². The van der Waals surface area contributed by atoms with Crippen molar-refractivity contribution in [3.05, 3.63) is 46.7 Å². The van der Waals surface area contributed by atoms with Crippen molar-refractivity contribution in [1.29, 1.82) is 0 Å². The molecular formula is C18H21N5OS. The summed E-state index contributed by atoms with van der Waals surface area (Å²) in [7, 11) is 1.69. The number of nitrogens with zero attached hydrogens (tertiary/aromatic N) is 5. The fourth-order valence-electron chi connectivity index (χ4n) is 3.23. The van der Waals surface area contributed by atoms with Crippen molar-refractivity contribution in [2.24, 2.45) is 0 Å². The van der Waals surface area contributed by atoms with E-state index in [-0.39, 0.29) is 6.04 Å². The first-order chi connectivity index (χ1) is 12.2. The number of aromatic nitrogens is 4. The van der Waals surface area contributed by atoms with E-state index in [1.54, 1.807) is 18.4 Å². The van der Waals surface area contributed by atoms with Gasteiger partial charge < -0.3 is 9.30 Å². The molecule has 0 N–H and O–H groups in total. The molecule has 2 aromatic heterocycles. The van der Waals surface area contributed by atoms with Crippen LogP contribution >= 0.6 is 11.3 Å². The molecule has 4 rings (SSSR count). The van der Waals surface area contributed by atoms with Crippen molar-refractivity contribution in [3.63, 3.8) is 0 Å². The number of fused-ring (bicyclic) bond motifs is 1. The average Bonchev–Trinajstić information content (AvgIpc) is 3.24. The van der Waals surface area contributed by atoms with E-state index in [0.29, 0.717) is 0 Å². The fourth-order valence-corrected chi connectivity index (χ4v) is 4.01. The van der Waals surface area contributed by atoms with Gasteiger partial charge in [0.25, 0.3) is 0 Å². The molecule has 7 heteroatoms. The zero-order chi connectivity index (χ0) is 17.4. The molecule has 0 saturated heterocycles. The summed E-state index contributed by atoms with van der Waals surface area (Å²) >= 11 is 1.63. The van der Waals surface area contributed by atoms with Crippen molar-refractivity contribution in [2.75, 3.05) is 13.7 Å². The normalized spacial score (nSPS) is 17.5. The number of methoxy groups -OCH3 is 1. The average molecular weight is 355 g/mol. The second kappa shape index (κ2) is 6.57. The van der Waals surface area contributed by atoms with Gasteiger partial charge in [0, 0.05) is 30.7 Å².